The molecule has 168 valence electrons. The lowest BCUT2D eigenvalue weighted by atomic mass is 9.90. The number of hydrogen-bond donors (Lipinski definition) is 1. The van der Waals surface area contributed by atoms with Gasteiger partial charge in [-0.15, -0.1) is 10.2 Å². The summed E-state index contributed by atoms with van der Waals surface area (Å²) in [7, 11) is 0. The fourth-order valence-electron chi connectivity index (χ4n) is 4.11. The van der Waals surface area contributed by atoms with E-state index in [0.29, 0.717) is 26.1 Å². The number of carbonyl (C=O) groups is 2. The largest absolute Gasteiger partial charge is 0.483 e. The summed E-state index contributed by atoms with van der Waals surface area (Å²) in [5, 5.41) is 14.6. The van der Waals surface area contributed by atoms with Gasteiger partial charge in [-0.1, -0.05) is 6.07 Å². The van der Waals surface area contributed by atoms with Crippen LogP contribution in [0.5, 0.6) is 0 Å². The van der Waals surface area contributed by atoms with E-state index in [1.54, 1.807) is 18.9 Å². The summed E-state index contributed by atoms with van der Waals surface area (Å²) in [5.41, 5.74) is 1.87. The van der Waals surface area contributed by atoms with Gasteiger partial charge in [0.25, 0.3) is 6.47 Å². The molecule has 0 bridgehead atoms. The number of carbonyl (C=O) groups excluding carboxylic acids is 1. The van der Waals surface area contributed by atoms with Crippen LogP contribution in [0, 0.1) is 6.92 Å². The average Bonchev–Trinajstić information content (AvgIpc) is 3.24. The second-order valence-electron chi connectivity index (χ2n) is 7.93. The molecule has 10 heteroatoms. The minimum absolute atomic E-state index is 0.176. The molecule has 0 aromatic carbocycles. The van der Waals surface area contributed by atoms with Gasteiger partial charge in [-0.3, -0.25) is 14.6 Å². The molecular formula is C21H30N6O4. The molecule has 10 nitrogen and oxygen atoms in total. The summed E-state index contributed by atoms with van der Waals surface area (Å²) in [6.45, 7) is 7.38. The molecule has 0 atom stereocenters. The number of amides is 1. The van der Waals surface area contributed by atoms with E-state index in [9.17, 15) is 4.79 Å². The standard InChI is InChI=1S/C20H28N6O2.CH2O2/c1-17-18(3-2-7-21-17)13-26-14-20(28-12-4-19(26)27)5-8-24(9-6-20)10-11-25-15-22-23-16-25;2-1-3/h2-3,7,15-16H,4-6,8-14H2,1H3;1H,(H,2,3). The summed E-state index contributed by atoms with van der Waals surface area (Å²) in [5.74, 6) is 0.176. The Morgan fingerprint density at radius 2 is 1.94 bits per heavy atom. The van der Waals surface area contributed by atoms with Gasteiger partial charge in [-0.05, 0) is 31.4 Å². The molecule has 2 aromatic rings. The monoisotopic (exact) mass is 430 g/mol. The summed E-state index contributed by atoms with van der Waals surface area (Å²) >= 11 is 0. The molecule has 4 rings (SSSR count). The van der Waals surface area contributed by atoms with Crippen LogP contribution in [0.25, 0.3) is 0 Å². The number of nitrogens with zero attached hydrogens (tertiary/aromatic N) is 6. The topological polar surface area (TPSA) is 114 Å². The van der Waals surface area contributed by atoms with Crippen LogP contribution >= 0.6 is 0 Å². The quantitative estimate of drug-likeness (QED) is 0.698. The van der Waals surface area contributed by atoms with Gasteiger partial charge in [0.2, 0.25) is 5.91 Å². The summed E-state index contributed by atoms with van der Waals surface area (Å²) < 4.78 is 8.27. The number of rotatable bonds is 5. The van der Waals surface area contributed by atoms with E-state index in [-0.39, 0.29) is 18.0 Å². The van der Waals surface area contributed by atoms with Crippen molar-refractivity contribution < 1.29 is 19.4 Å². The van der Waals surface area contributed by atoms with Crippen molar-refractivity contribution in [3.8, 4) is 0 Å². The van der Waals surface area contributed by atoms with Crippen molar-refractivity contribution in [1.29, 1.82) is 0 Å². The average molecular weight is 431 g/mol. The first-order chi connectivity index (χ1) is 15.0. The third kappa shape index (κ3) is 6.31. The first-order valence-corrected chi connectivity index (χ1v) is 10.5. The number of hydrogen-bond acceptors (Lipinski definition) is 7. The minimum atomic E-state index is -0.250. The molecule has 4 heterocycles. The first-order valence-electron chi connectivity index (χ1n) is 10.5. The van der Waals surface area contributed by atoms with Crippen LogP contribution in [-0.4, -0.2) is 85.4 Å². The molecule has 0 saturated carbocycles. The Balaban J connectivity index is 0.000000858. The fourth-order valence-corrected chi connectivity index (χ4v) is 4.11. The maximum atomic E-state index is 12.7. The van der Waals surface area contributed by atoms with Crippen molar-refractivity contribution in [1.82, 2.24) is 29.5 Å². The van der Waals surface area contributed by atoms with Crippen molar-refractivity contribution in [2.24, 2.45) is 0 Å². The van der Waals surface area contributed by atoms with E-state index in [1.807, 2.05) is 22.5 Å². The van der Waals surface area contributed by atoms with E-state index in [0.717, 1.165) is 50.3 Å². The zero-order chi connectivity index (χ0) is 22.1. The number of carboxylic acid groups (broad SMARTS) is 1. The zero-order valence-electron chi connectivity index (χ0n) is 17.9. The lowest BCUT2D eigenvalue weighted by Crippen LogP contribution is -2.52. The Morgan fingerprint density at radius 1 is 1.23 bits per heavy atom. The second-order valence-corrected chi connectivity index (χ2v) is 7.93. The lowest BCUT2D eigenvalue weighted by Gasteiger charge is -2.42. The molecule has 2 fully saturated rings. The highest BCUT2D eigenvalue weighted by molar-refractivity contribution is 5.76. The van der Waals surface area contributed by atoms with E-state index in [4.69, 9.17) is 14.6 Å². The molecule has 1 amide bonds. The Hall–Kier alpha value is -2.85. The Kier molecular flexibility index (Phi) is 8.07. The van der Waals surface area contributed by atoms with Gasteiger partial charge in [0.15, 0.2) is 0 Å². The van der Waals surface area contributed by atoms with Crippen molar-refractivity contribution in [2.45, 2.75) is 44.9 Å². The molecule has 31 heavy (non-hydrogen) atoms. The molecule has 2 aliphatic heterocycles. The Morgan fingerprint density at radius 3 is 2.61 bits per heavy atom. The summed E-state index contributed by atoms with van der Waals surface area (Å²) in [6.07, 6.45) is 7.66. The molecule has 0 radical (unpaired) electrons. The number of piperidine rings is 1. The van der Waals surface area contributed by atoms with Crippen molar-refractivity contribution in [3.63, 3.8) is 0 Å². The predicted molar refractivity (Wildman–Crippen MR) is 112 cm³/mol. The minimum Gasteiger partial charge on any atom is -0.483 e. The smallest absolute Gasteiger partial charge is 0.290 e. The summed E-state index contributed by atoms with van der Waals surface area (Å²) in [6, 6.07) is 3.99. The van der Waals surface area contributed by atoms with Crippen molar-refractivity contribution in [2.75, 3.05) is 32.8 Å². The third-order valence-corrected chi connectivity index (χ3v) is 5.94. The maximum absolute atomic E-state index is 12.7. The van der Waals surface area contributed by atoms with Crippen LogP contribution in [0.4, 0.5) is 0 Å². The van der Waals surface area contributed by atoms with E-state index in [1.165, 1.54) is 0 Å². The van der Waals surface area contributed by atoms with E-state index < -0.39 is 0 Å². The van der Waals surface area contributed by atoms with E-state index >= 15 is 0 Å². The highest BCUT2D eigenvalue weighted by Gasteiger charge is 2.40. The van der Waals surface area contributed by atoms with Crippen LogP contribution in [0.15, 0.2) is 31.0 Å². The van der Waals surface area contributed by atoms with Gasteiger partial charge in [-0.2, -0.15) is 0 Å². The number of ether oxygens (including phenoxy) is 1. The molecule has 2 saturated heterocycles. The fraction of sp³-hybridized carbons (Fsp3) is 0.571. The molecule has 1 N–H and O–H groups in total. The number of aryl methyl sites for hydroxylation is 1. The van der Waals surface area contributed by atoms with Crippen LogP contribution in [0.1, 0.15) is 30.5 Å². The molecule has 0 unspecified atom stereocenters. The van der Waals surface area contributed by atoms with Gasteiger partial charge >= 0.3 is 0 Å². The van der Waals surface area contributed by atoms with Crippen LogP contribution < -0.4 is 0 Å². The predicted octanol–water partition coefficient (Wildman–Crippen LogP) is 0.966. The van der Waals surface area contributed by atoms with Gasteiger partial charge in [0, 0.05) is 44.6 Å². The molecule has 0 aliphatic carbocycles. The third-order valence-electron chi connectivity index (χ3n) is 5.94. The second kappa shape index (κ2) is 11.0. The van der Waals surface area contributed by atoms with Crippen LogP contribution in [0.2, 0.25) is 0 Å². The maximum Gasteiger partial charge on any atom is 0.290 e. The summed E-state index contributed by atoms with van der Waals surface area (Å²) in [4.78, 5) is 29.8. The molecular weight excluding hydrogens is 400 g/mol. The first kappa shape index (κ1) is 22.8. The van der Waals surface area contributed by atoms with Gasteiger partial charge in [0.1, 0.15) is 12.7 Å². The number of pyridine rings is 1. The SMILES string of the molecule is Cc1ncccc1CN1CC2(CCN(CCn3cnnc3)CC2)OCCC1=O.O=CO. The van der Waals surface area contributed by atoms with E-state index in [2.05, 4.69) is 26.1 Å². The van der Waals surface area contributed by atoms with Gasteiger partial charge in [0.05, 0.1) is 25.2 Å². The Bertz CT molecular complexity index is 836. The normalized spacial score (nSPS) is 18.9. The van der Waals surface area contributed by atoms with Crippen LogP contribution in [0.3, 0.4) is 0 Å². The Labute approximate surface area is 181 Å². The number of likely N-dealkylation sites (tertiary alicyclic amines) is 1. The zero-order valence-corrected chi connectivity index (χ0v) is 17.9. The molecule has 2 aliphatic rings. The molecule has 1 spiro atoms. The van der Waals surface area contributed by atoms with Crippen molar-refractivity contribution >= 4 is 12.4 Å². The van der Waals surface area contributed by atoms with Crippen molar-refractivity contribution in [3.05, 3.63) is 42.2 Å². The lowest BCUT2D eigenvalue weighted by molar-refractivity contribution is -0.132. The number of aromatic nitrogens is 4. The molecule has 2 aromatic heterocycles. The van der Waals surface area contributed by atoms with Crippen LogP contribution in [-0.2, 0) is 27.4 Å². The highest BCUT2D eigenvalue weighted by Crippen LogP contribution is 2.31. The van der Waals surface area contributed by atoms with Gasteiger partial charge < -0.3 is 24.2 Å². The van der Waals surface area contributed by atoms with Gasteiger partial charge in [-0.25, -0.2) is 0 Å². The highest BCUT2D eigenvalue weighted by atomic mass is 16.5.